The van der Waals surface area contributed by atoms with Crippen LogP contribution in [-0.2, 0) is 6.54 Å². The first kappa shape index (κ1) is 10.9. The number of benzene rings is 1. The molecule has 2 rings (SSSR count). The van der Waals surface area contributed by atoms with Crippen LogP contribution in [-0.4, -0.2) is 30.6 Å². The van der Waals surface area contributed by atoms with E-state index in [0.717, 1.165) is 31.2 Å². The van der Waals surface area contributed by atoms with Crippen LogP contribution in [0.3, 0.4) is 0 Å². The number of nitrogens with one attached hydrogen (secondary N) is 1. The molecule has 1 fully saturated rings. The van der Waals surface area contributed by atoms with Gasteiger partial charge in [0.05, 0.1) is 0 Å². The van der Waals surface area contributed by atoms with Crippen LogP contribution in [0.2, 0.25) is 5.02 Å². The monoisotopic (exact) mass is 224 g/mol. The Kier molecular flexibility index (Phi) is 3.62. The van der Waals surface area contributed by atoms with Crippen LogP contribution in [0.15, 0.2) is 24.3 Å². The number of hydrogen-bond acceptors (Lipinski definition) is 2. The molecule has 1 aromatic carbocycles. The van der Waals surface area contributed by atoms with Crippen molar-refractivity contribution in [3.05, 3.63) is 34.9 Å². The third kappa shape index (κ3) is 2.94. The molecule has 1 atom stereocenters. The third-order valence-corrected chi connectivity index (χ3v) is 3.19. The molecule has 1 aliphatic heterocycles. The summed E-state index contributed by atoms with van der Waals surface area (Å²) in [6.07, 6.45) is 0. The van der Waals surface area contributed by atoms with Gasteiger partial charge in [0.1, 0.15) is 0 Å². The van der Waals surface area contributed by atoms with Gasteiger partial charge in [-0.25, -0.2) is 0 Å². The highest BCUT2D eigenvalue weighted by molar-refractivity contribution is 6.30. The summed E-state index contributed by atoms with van der Waals surface area (Å²) in [5.74, 6) is 0. The summed E-state index contributed by atoms with van der Waals surface area (Å²) >= 11 is 5.86. The average Bonchev–Trinajstić information content (AvgIpc) is 2.25. The molecule has 0 bridgehead atoms. The molecule has 1 N–H and O–H groups in total. The molecule has 0 amide bonds. The zero-order valence-corrected chi connectivity index (χ0v) is 9.80. The fraction of sp³-hybridized carbons (Fsp3) is 0.500. The molecule has 0 aromatic heterocycles. The van der Waals surface area contributed by atoms with E-state index in [9.17, 15) is 0 Å². The first-order valence-corrected chi connectivity index (χ1v) is 5.83. The minimum Gasteiger partial charge on any atom is -0.314 e. The molecule has 15 heavy (non-hydrogen) atoms. The van der Waals surface area contributed by atoms with E-state index in [4.69, 9.17) is 11.6 Å². The van der Waals surface area contributed by atoms with Crippen molar-refractivity contribution in [2.75, 3.05) is 19.6 Å². The second kappa shape index (κ2) is 4.97. The quantitative estimate of drug-likeness (QED) is 0.828. The van der Waals surface area contributed by atoms with E-state index in [1.54, 1.807) is 0 Å². The van der Waals surface area contributed by atoms with E-state index in [1.807, 2.05) is 12.1 Å². The van der Waals surface area contributed by atoms with Gasteiger partial charge in [0.25, 0.3) is 0 Å². The van der Waals surface area contributed by atoms with E-state index in [0.29, 0.717) is 6.04 Å². The SMILES string of the molecule is C[C@H]1CNCCN1Cc1ccc(Cl)cc1. The molecule has 1 heterocycles. The molecule has 2 nitrogen and oxygen atoms in total. The summed E-state index contributed by atoms with van der Waals surface area (Å²) in [4.78, 5) is 2.50. The molecule has 0 saturated carbocycles. The van der Waals surface area contributed by atoms with Crippen LogP contribution < -0.4 is 5.32 Å². The maximum absolute atomic E-state index is 5.86. The van der Waals surface area contributed by atoms with Gasteiger partial charge in [-0.3, -0.25) is 4.90 Å². The highest BCUT2D eigenvalue weighted by Gasteiger charge is 2.17. The first-order valence-electron chi connectivity index (χ1n) is 5.45. The van der Waals surface area contributed by atoms with Crippen molar-refractivity contribution in [1.82, 2.24) is 10.2 Å². The predicted octanol–water partition coefficient (Wildman–Crippen LogP) is 2.13. The van der Waals surface area contributed by atoms with Gasteiger partial charge in [-0.2, -0.15) is 0 Å². The number of hydrogen-bond donors (Lipinski definition) is 1. The zero-order valence-electron chi connectivity index (χ0n) is 9.04. The van der Waals surface area contributed by atoms with Crippen LogP contribution in [0.1, 0.15) is 12.5 Å². The lowest BCUT2D eigenvalue weighted by molar-refractivity contribution is 0.165. The van der Waals surface area contributed by atoms with Gasteiger partial charge in [-0.05, 0) is 24.6 Å². The summed E-state index contributed by atoms with van der Waals surface area (Å²) in [6.45, 7) is 6.61. The fourth-order valence-corrected chi connectivity index (χ4v) is 2.07. The molecule has 1 saturated heterocycles. The minimum atomic E-state index is 0.620. The summed E-state index contributed by atoms with van der Waals surface area (Å²) in [7, 11) is 0. The second-order valence-corrected chi connectivity index (χ2v) is 4.59. The van der Waals surface area contributed by atoms with Crippen molar-refractivity contribution in [3.8, 4) is 0 Å². The predicted molar refractivity (Wildman–Crippen MR) is 64.2 cm³/mol. The Morgan fingerprint density at radius 3 is 2.80 bits per heavy atom. The van der Waals surface area contributed by atoms with Crippen molar-refractivity contribution in [1.29, 1.82) is 0 Å². The number of halogens is 1. The molecule has 3 heteroatoms. The van der Waals surface area contributed by atoms with Gasteiger partial charge in [0, 0.05) is 37.2 Å². The topological polar surface area (TPSA) is 15.3 Å². The Morgan fingerprint density at radius 1 is 1.40 bits per heavy atom. The normalized spacial score (nSPS) is 22.9. The van der Waals surface area contributed by atoms with Gasteiger partial charge in [0.15, 0.2) is 0 Å². The standard InChI is InChI=1S/C12H17ClN2/c1-10-8-14-6-7-15(10)9-11-2-4-12(13)5-3-11/h2-5,10,14H,6-9H2,1H3/t10-/m0/s1. The second-order valence-electron chi connectivity index (χ2n) is 4.15. The molecule has 0 unspecified atom stereocenters. The van der Waals surface area contributed by atoms with E-state index in [-0.39, 0.29) is 0 Å². The summed E-state index contributed by atoms with van der Waals surface area (Å²) in [5, 5.41) is 4.21. The van der Waals surface area contributed by atoms with E-state index in [1.165, 1.54) is 5.56 Å². The fourth-order valence-electron chi connectivity index (χ4n) is 1.94. The third-order valence-electron chi connectivity index (χ3n) is 2.94. The summed E-state index contributed by atoms with van der Waals surface area (Å²) < 4.78 is 0. The van der Waals surface area contributed by atoms with Gasteiger partial charge >= 0.3 is 0 Å². The maximum atomic E-state index is 5.86. The molecular formula is C12H17ClN2. The Morgan fingerprint density at radius 2 is 2.13 bits per heavy atom. The lowest BCUT2D eigenvalue weighted by Crippen LogP contribution is -2.49. The largest absolute Gasteiger partial charge is 0.314 e. The Balaban J connectivity index is 1.98. The highest BCUT2D eigenvalue weighted by Crippen LogP contribution is 2.13. The molecule has 1 aromatic rings. The molecular weight excluding hydrogens is 208 g/mol. The van der Waals surface area contributed by atoms with Gasteiger partial charge < -0.3 is 5.32 Å². The average molecular weight is 225 g/mol. The number of piperazine rings is 1. The summed E-state index contributed by atoms with van der Waals surface area (Å²) in [6, 6.07) is 8.76. The van der Waals surface area contributed by atoms with E-state index >= 15 is 0 Å². The highest BCUT2D eigenvalue weighted by atomic mass is 35.5. The minimum absolute atomic E-state index is 0.620. The number of rotatable bonds is 2. The van der Waals surface area contributed by atoms with Gasteiger partial charge in [-0.1, -0.05) is 23.7 Å². The van der Waals surface area contributed by atoms with Crippen molar-refractivity contribution < 1.29 is 0 Å². The van der Waals surface area contributed by atoms with Crippen LogP contribution in [0.5, 0.6) is 0 Å². The smallest absolute Gasteiger partial charge is 0.0406 e. The molecule has 0 spiro atoms. The van der Waals surface area contributed by atoms with Crippen LogP contribution in [0.4, 0.5) is 0 Å². The van der Waals surface area contributed by atoms with Gasteiger partial charge in [0.2, 0.25) is 0 Å². The van der Waals surface area contributed by atoms with E-state index in [2.05, 4.69) is 29.3 Å². The summed E-state index contributed by atoms with van der Waals surface area (Å²) in [5.41, 5.74) is 1.34. The van der Waals surface area contributed by atoms with Crippen molar-refractivity contribution >= 4 is 11.6 Å². The maximum Gasteiger partial charge on any atom is 0.0406 e. The zero-order chi connectivity index (χ0) is 10.7. The lowest BCUT2D eigenvalue weighted by atomic mass is 10.1. The molecule has 1 aliphatic rings. The van der Waals surface area contributed by atoms with Crippen molar-refractivity contribution in [2.45, 2.75) is 19.5 Å². The molecule has 0 aliphatic carbocycles. The van der Waals surface area contributed by atoms with Crippen LogP contribution >= 0.6 is 11.6 Å². The van der Waals surface area contributed by atoms with Crippen molar-refractivity contribution in [3.63, 3.8) is 0 Å². The van der Waals surface area contributed by atoms with Crippen LogP contribution in [0, 0.1) is 0 Å². The Hall–Kier alpha value is -0.570. The van der Waals surface area contributed by atoms with E-state index < -0.39 is 0 Å². The Labute approximate surface area is 96.2 Å². The van der Waals surface area contributed by atoms with Gasteiger partial charge in [-0.15, -0.1) is 0 Å². The Bertz CT molecular complexity index is 310. The first-order chi connectivity index (χ1) is 7.25. The number of nitrogens with zero attached hydrogens (tertiary/aromatic N) is 1. The van der Waals surface area contributed by atoms with Crippen LogP contribution in [0.25, 0.3) is 0 Å². The molecule has 82 valence electrons. The lowest BCUT2D eigenvalue weighted by Gasteiger charge is -2.33. The molecule has 0 radical (unpaired) electrons. The van der Waals surface area contributed by atoms with Crippen molar-refractivity contribution in [2.24, 2.45) is 0 Å².